The molecule has 0 bridgehead atoms. The zero-order chi connectivity index (χ0) is 15.4. The molecule has 1 heterocycles. The highest BCUT2D eigenvalue weighted by atomic mass is 35.5. The fraction of sp³-hybridized carbons (Fsp3) is 0.125. The molecule has 0 unspecified atom stereocenters. The first-order valence-electron chi connectivity index (χ1n) is 6.74. The van der Waals surface area contributed by atoms with Crippen LogP contribution < -0.4 is 5.32 Å². The smallest absolute Gasteiger partial charge is 0.256 e. The van der Waals surface area contributed by atoms with Gasteiger partial charge < -0.3 is 9.73 Å². The Morgan fingerprint density at radius 3 is 2.73 bits per heavy atom. The molecule has 0 aliphatic rings. The molecule has 22 heavy (non-hydrogen) atoms. The van der Waals surface area contributed by atoms with Crippen molar-refractivity contribution in [2.45, 2.75) is 11.6 Å². The van der Waals surface area contributed by atoms with Gasteiger partial charge in [0.05, 0.1) is 0 Å². The van der Waals surface area contributed by atoms with E-state index in [1.807, 2.05) is 24.3 Å². The second-order valence-corrected chi connectivity index (χ2v) is 6.08. The van der Waals surface area contributed by atoms with Gasteiger partial charge in [0.25, 0.3) is 5.22 Å². The largest absolute Gasteiger partial charge is 0.431 e. The van der Waals surface area contributed by atoms with Gasteiger partial charge in [-0.3, -0.25) is 4.79 Å². The molecule has 0 atom stereocenters. The quantitative estimate of drug-likeness (QED) is 0.694. The Kier molecular flexibility index (Phi) is 4.65. The normalized spacial score (nSPS) is 10.8. The van der Waals surface area contributed by atoms with Crippen molar-refractivity contribution in [1.29, 1.82) is 0 Å². The van der Waals surface area contributed by atoms with Crippen molar-refractivity contribution in [3.8, 4) is 0 Å². The molecule has 6 heteroatoms. The summed E-state index contributed by atoms with van der Waals surface area (Å²) in [6.07, 6.45) is 0.381. The van der Waals surface area contributed by atoms with E-state index in [1.165, 1.54) is 11.8 Å². The van der Waals surface area contributed by atoms with Crippen LogP contribution in [0.4, 0.5) is 5.69 Å². The number of hydrogen-bond donors (Lipinski definition) is 1. The number of amides is 1. The average Bonchev–Trinajstić information content (AvgIpc) is 2.92. The first-order valence-corrected chi connectivity index (χ1v) is 8.11. The number of carbonyl (C=O) groups excluding carboxylic acids is 1. The minimum Gasteiger partial charge on any atom is -0.431 e. The van der Waals surface area contributed by atoms with E-state index in [2.05, 4.69) is 10.3 Å². The van der Waals surface area contributed by atoms with Crippen LogP contribution in [0.5, 0.6) is 0 Å². The van der Waals surface area contributed by atoms with Crippen LogP contribution in [0.15, 0.2) is 58.2 Å². The lowest BCUT2D eigenvalue weighted by atomic mass is 10.3. The third-order valence-corrected chi connectivity index (χ3v) is 4.04. The first kappa shape index (κ1) is 14.9. The molecule has 0 fully saturated rings. The molecule has 1 amide bonds. The monoisotopic (exact) mass is 332 g/mol. The SMILES string of the molecule is O=C(CCSc1nc2ccccc2o1)Nc1ccc(Cl)cc1. The van der Waals surface area contributed by atoms with Crippen LogP contribution in [0.1, 0.15) is 6.42 Å². The lowest BCUT2D eigenvalue weighted by molar-refractivity contribution is -0.115. The summed E-state index contributed by atoms with van der Waals surface area (Å²) in [4.78, 5) is 16.2. The summed E-state index contributed by atoms with van der Waals surface area (Å²) < 4.78 is 5.59. The van der Waals surface area contributed by atoms with Gasteiger partial charge >= 0.3 is 0 Å². The second-order valence-electron chi connectivity index (χ2n) is 4.60. The van der Waals surface area contributed by atoms with E-state index in [1.54, 1.807) is 24.3 Å². The van der Waals surface area contributed by atoms with Gasteiger partial charge in [-0.05, 0) is 36.4 Å². The summed E-state index contributed by atoms with van der Waals surface area (Å²) in [7, 11) is 0. The molecular formula is C16H13ClN2O2S. The molecule has 0 saturated carbocycles. The van der Waals surface area contributed by atoms with E-state index in [4.69, 9.17) is 16.0 Å². The Labute approximate surface area is 136 Å². The third kappa shape index (κ3) is 3.81. The van der Waals surface area contributed by atoms with Gasteiger partial charge in [0, 0.05) is 22.9 Å². The van der Waals surface area contributed by atoms with Gasteiger partial charge in [0.2, 0.25) is 5.91 Å². The number of rotatable bonds is 5. The standard InChI is InChI=1S/C16H13ClN2O2S/c17-11-5-7-12(8-6-11)18-15(20)9-10-22-16-19-13-3-1-2-4-14(13)21-16/h1-8H,9-10H2,(H,18,20). The van der Waals surface area contributed by atoms with Crippen LogP contribution in [-0.4, -0.2) is 16.6 Å². The molecule has 4 nitrogen and oxygen atoms in total. The summed E-state index contributed by atoms with van der Waals surface area (Å²) in [5, 5.41) is 4.05. The summed E-state index contributed by atoms with van der Waals surface area (Å²) in [5.41, 5.74) is 2.33. The number of halogens is 1. The molecule has 3 aromatic rings. The van der Waals surface area contributed by atoms with E-state index in [9.17, 15) is 4.79 Å². The van der Waals surface area contributed by atoms with E-state index < -0.39 is 0 Å². The molecule has 0 aliphatic carbocycles. The molecule has 0 aliphatic heterocycles. The number of aromatic nitrogens is 1. The van der Waals surface area contributed by atoms with Crippen molar-refractivity contribution in [1.82, 2.24) is 4.98 Å². The van der Waals surface area contributed by atoms with Crippen LogP contribution in [0.2, 0.25) is 5.02 Å². The topological polar surface area (TPSA) is 55.1 Å². The maximum absolute atomic E-state index is 11.9. The molecule has 112 valence electrons. The van der Waals surface area contributed by atoms with Gasteiger partial charge in [0.1, 0.15) is 5.52 Å². The van der Waals surface area contributed by atoms with E-state index >= 15 is 0 Å². The Morgan fingerprint density at radius 2 is 1.95 bits per heavy atom. The minimum atomic E-state index is -0.0501. The van der Waals surface area contributed by atoms with Crippen molar-refractivity contribution in [3.63, 3.8) is 0 Å². The molecule has 2 aromatic carbocycles. The van der Waals surface area contributed by atoms with Gasteiger partial charge in [0.15, 0.2) is 5.58 Å². The second kappa shape index (κ2) is 6.85. The number of oxazole rings is 1. The van der Waals surface area contributed by atoms with E-state index in [0.717, 1.165) is 16.8 Å². The Morgan fingerprint density at radius 1 is 1.18 bits per heavy atom. The van der Waals surface area contributed by atoms with Crippen molar-refractivity contribution < 1.29 is 9.21 Å². The number of nitrogens with one attached hydrogen (secondary N) is 1. The predicted molar refractivity (Wildman–Crippen MR) is 89.4 cm³/mol. The number of carbonyl (C=O) groups is 1. The van der Waals surface area contributed by atoms with Crippen molar-refractivity contribution >= 4 is 46.1 Å². The van der Waals surface area contributed by atoms with Gasteiger partial charge in [-0.15, -0.1) is 0 Å². The maximum atomic E-state index is 11.9. The molecule has 0 spiro atoms. The molecule has 3 rings (SSSR count). The van der Waals surface area contributed by atoms with Crippen LogP contribution in [0.25, 0.3) is 11.1 Å². The fourth-order valence-electron chi connectivity index (χ4n) is 1.90. The molecule has 1 N–H and O–H groups in total. The van der Waals surface area contributed by atoms with Gasteiger partial charge in [-0.1, -0.05) is 35.5 Å². The van der Waals surface area contributed by atoms with Crippen molar-refractivity contribution in [2.75, 3.05) is 11.1 Å². The molecule has 1 aromatic heterocycles. The highest BCUT2D eigenvalue weighted by Gasteiger charge is 2.07. The fourth-order valence-corrected chi connectivity index (χ4v) is 2.80. The minimum absolute atomic E-state index is 0.0501. The summed E-state index contributed by atoms with van der Waals surface area (Å²) >= 11 is 7.23. The lowest BCUT2D eigenvalue weighted by Crippen LogP contribution is -2.11. The lowest BCUT2D eigenvalue weighted by Gasteiger charge is -2.04. The molecule has 0 saturated heterocycles. The van der Waals surface area contributed by atoms with E-state index in [0.29, 0.717) is 22.4 Å². The Balaban J connectivity index is 1.49. The Bertz CT molecular complexity index is 753. The summed E-state index contributed by atoms with van der Waals surface area (Å²) in [6, 6.07) is 14.6. The molecule has 0 radical (unpaired) electrons. The van der Waals surface area contributed by atoms with Crippen LogP contribution in [-0.2, 0) is 4.79 Å². The highest BCUT2D eigenvalue weighted by molar-refractivity contribution is 7.99. The maximum Gasteiger partial charge on any atom is 0.256 e. The van der Waals surface area contributed by atoms with Crippen LogP contribution in [0.3, 0.4) is 0 Å². The third-order valence-electron chi connectivity index (χ3n) is 2.96. The zero-order valence-corrected chi connectivity index (χ0v) is 13.2. The van der Waals surface area contributed by atoms with Crippen LogP contribution >= 0.6 is 23.4 Å². The average molecular weight is 333 g/mol. The Hall–Kier alpha value is -1.98. The van der Waals surface area contributed by atoms with Gasteiger partial charge in [-0.2, -0.15) is 0 Å². The predicted octanol–water partition coefficient (Wildman–Crippen LogP) is 4.60. The van der Waals surface area contributed by atoms with Crippen molar-refractivity contribution in [2.24, 2.45) is 0 Å². The van der Waals surface area contributed by atoms with E-state index in [-0.39, 0.29) is 5.91 Å². The number of thioether (sulfide) groups is 1. The first-order chi connectivity index (χ1) is 10.7. The van der Waals surface area contributed by atoms with Gasteiger partial charge in [-0.25, -0.2) is 4.98 Å². The number of nitrogens with zero attached hydrogens (tertiary/aromatic N) is 1. The van der Waals surface area contributed by atoms with Crippen LogP contribution in [0, 0.1) is 0 Å². The number of fused-ring (bicyclic) bond motifs is 1. The number of para-hydroxylation sites is 2. The number of hydrogen-bond acceptors (Lipinski definition) is 4. The number of benzene rings is 2. The highest BCUT2D eigenvalue weighted by Crippen LogP contribution is 2.23. The summed E-state index contributed by atoms with van der Waals surface area (Å²) in [5.74, 6) is 0.553. The molecular weight excluding hydrogens is 320 g/mol. The van der Waals surface area contributed by atoms with Crippen molar-refractivity contribution in [3.05, 3.63) is 53.6 Å². The summed E-state index contributed by atoms with van der Waals surface area (Å²) in [6.45, 7) is 0. The zero-order valence-electron chi connectivity index (χ0n) is 11.6. The number of anilines is 1.